The monoisotopic (exact) mass is 136 g/mol. The van der Waals surface area contributed by atoms with Crippen LogP contribution in [0.15, 0.2) is 12.7 Å². The molecule has 0 unspecified atom stereocenters. The van der Waals surface area contributed by atoms with E-state index in [0.29, 0.717) is 10.8 Å². The molecule has 2 atom stereocenters. The molecule has 10 heavy (non-hydrogen) atoms. The Morgan fingerprint density at radius 1 is 1.50 bits per heavy atom. The summed E-state index contributed by atoms with van der Waals surface area (Å²) in [5, 5.41) is 0. The van der Waals surface area contributed by atoms with Crippen LogP contribution in [-0.4, -0.2) is 0 Å². The highest BCUT2D eigenvalue weighted by atomic mass is 14.7. The molecular formula is C10H16. The molecule has 3 aliphatic rings. The third-order valence-corrected chi connectivity index (χ3v) is 4.24. The van der Waals surface area contributed by atoms with Gasteiger partial charge in [0.1, 0.15) is 0 Å². The predicted molar refractivity (Wildman–Crippen MR) is 43.8 cm³/mol. The van der Waals surface area contributed by atoms with Crippen molar-refractivity contribution in [3.05, 3.63) is 12.7 Å². The predicted octanol–water partition coefficient (Wildman–Crippen LogP) is 3.00. The largest absolute Gasteiger partial charge is 0.103 e. The molecule has 0 nitrogen and oxygen atoms in total. The summed E-state index contributed by atoms with van der Waals surface area (Å²) in [4.78, 5) is 0. The molecule has 3 rings (SSSR count). The van der Waals surface area contributed by atoms with Crippen molar-refractivity contribution >= 4 is 0 Å². The zero-order chi connectivity index (χ0) is 7.41. The maximum Gasteiger partial charge on any atom is -0.00642 e. The first-order chi connectivity index (χ1) is 4.62. The zero-order valence-electron chi connectivity index (χ0n) is 6.98. The average molecular weight is 136 g/mol. The molecule has 2 bridgehead atoms. The van der Waals surface area contributed by atoms with Gasteiger partial charge in [0.05, 0.1) is 0 Å². The Hall–Kier alpha value is -0.260. The SMILES string of the molecule is C=C[C@@]12CC[C@@H](C1)C2(C)C. The topological polar surface area (TPSA) is 0 Å². The Balaban J connectivity index is 2.35. The molecule has 3 aliphatic carbocycles. The van der Waals surface area contributed by atoms with Gasteiger partial charge in [-0.1, -0.05) is 19.9 Å². The van der Waals surface area contributed by atoms with Gasteiger partial charge in [0.2, 0.25) is 0 Å². The summed E-state index contributed by atoms with van der Waals surface area (Å²) >= 11 is 0. The number of fused-ring (bicyclic) bond motifs is 1. The molecule has 0 N–H and O–H groups in total. The summed E-state index contributed by atoms with van der Waals surface area (Å²) < 4.78 is 0. The summed E-state index contributed by atoms with van der Waals surface area (Å²) in [5.41, 5.74) is 1.12. The molecule has 0 saturated heterocycles. The molecule has 0 heteroatoms. The molecule has 0 aromatic rings. The van der Waals surface area contributed by atoms with Crippen molar-refractivity contribution in [3.63, 3.8) is 0 Å². The van der Waals surface area contributed by atoms with E-state index < -0.39 is 0 Å². The van der Waals surface area contributed by atoms with Crippen LogP contribution in [-0.2, 0) is 0 Å². The van der Waals surface area contributed by atoms with Crippen molar-refractivity contribution < 1.29 is 0 Å². The van der Waals surface area contributed by atoms with Crippen molar-refractivity contribution in [2.45, 2.75) is 33.1 Å². The highest BCUT2D eigenvalue weighted by Gasteiger charge is 2.62. The minimum absolute atomic E-state index is 0.539. The average Bonchev–Trinajstić information content (AvgIpc) is 2.41. The molecule has 56 valence electrons. The van der Waals surface area contributed by atoms with E-state index in [-0.39, 0.29) is 0 Å². The first-order valence-electron chi connectivity index (χ1n) is 4.26. The maximum atomic E-state index is 3.95. The van der Waals surface area contributed by atoms with Gasteiger partial charge in [-0.25, -0.2) is 0 Å². The van der Waals surface area contributed by atoms with Crippen molar-refractivity contribution in [2.24, 2.45) is 16.7 Å². The van der Waals surface area contributed by atoms with E-state index in [1.807, 2.05) is 0 Å². The van der Waals surface area contributed by atoms with Crippen molar-refractivity contribution in [3.8, 4) is 0 Å². The van der Waals surface area contributed by atoms with Crippen LogP contribution < -0.4 is 0 Å². The van der Waals surface area contributed by atoms with Gasteiger partial charge >= 0.3 is 0 Å². The second kappa shape index (κ2) is 1.49. The van der Waals surface area contributed by atoms with Gasteiger partial charge < -0.3 is 0 Å². The molecule has 0 aromatic carbocycles. The smallest absolute Gasteiger partial charge is 0.00642 e. The van der Waals surface area contributed by atoms with E-state index >= 15 is 0 Å². The molecule has 0 aliphatic heterocycles. The number of allylic oxidation sites excluding steroid dienone is 1. The number of hydrogen-bond acceptors (Lipinski definition) is 0. The lowest BCUT2D eigenvalue weighted by Crippen LogP contribution is -2.46. The van der Waals surface area contributed by atoms with Crippen LogP contribution in [0.25, 0.3) is 0 Å². The van der Waals surface area contributed by atoms with E-state index in [9.17, 15) is 0 Å². The Labute approximate surface area is 63.3 Å². The first-order valence-corrected chi connectivity index (χ1v) is 4.26. The van der Waals surface area contributed by atoms with Crippen LogP contribution in [0, 0.1) is 16.7 Å². The van der Waals surface area contributed by atoms with Crippen LogP contribution in [0.5, 0.6) is 0 Å². The maximum absolute atomic E-state index is 3.95. The molecular weight excluding hydrogens is 120 g/mol. The highest BCUT2D eigenvalue weighted by molar-refractivity contribution is 5.19. The third kappa shape index (κ3) is 0.426. The molecule has 3 saturated carbocycles. The fraction of sp³-hybridized carbons (Fsp3) is 0.800. The summed E-state index contributed by atoms with van der Waals surface area (Å²) in [7, 11) is 0. The lowest BCUT2D eigenvalue weighted by Gasteiger charge is -2.53. The Morgan fingerprint density at radius 3 is 2.40 bits per heavy atom. The summed E-state index contributed by atoms with van der Waals surface area (Å²) in [5.74, 6) is 1.01. The second-order valence-electron chi connectivity index (χ2n) is 4.52. The summed E-state index contributed by atoms with van der Waals surface area (Å²) in [6, 6.07) is 0. The van der Waals surface area contributed by atoms with Crippen LogP contribution in [0.4, 0.5) is 0 Å². The molecule has 0 spiro atoms. The van der Waals surface area contributed by atoms with Crippen LogP contribution >= 0.6 is 0 Å². The van der Waals surface area contributed by atoms with Crippen molar-refractivity contribution in [1.82, 2.24) is 0 Å². The minimum Gasteiger partial charge on any atom is -0.103 e. The fourth-order valence-electron chi connectivity index (χ4n) is 3.00. The number of rotatable bonds is 1. The molecule has 0 radical (unpaired) electrons. The fourth-order valence-corrected chi connectivity index (χ4v) is 3.00. The summed E-state index contributed by atoms with van der Waals surface area (Å²) in [6.45, 7) is 8.75. The van der Waals surface area contributed by atoms with Gasteiger partial charge in [-0.05, 0) is 36.0 Å². The normalized spacial score (nSPS) is 48.4. The van der Waals surface area contributed by atoms with Gasteiger partial charge in [-0.15, -0.1) is 6.58 Å². The van der Waals surface area contributed by atoms with Gasteiger partial charge in [0.15, 0.2) is 0 Å². The lowest BCUT2D eigenvalue weighted by molar-refractivity contribution is -0.0139. The van der Waals surface area contributed by atoms with Crippen LogP contribution in [0.1, 0.15) is 33.1 Å². The van der Waals surface area contributed by atoms with E-state index in [1.54, 1.807) is 0 Å². The lowest BCUT2D eigenvalue weighted by atomic mass is 9.51. The minimum atomic E-state index is 0.539. The van der Waals surface area contributed by atoms with Crippen molar-refractivity contribution in [2.75, 3.05) is 0 Å². The zero-order valence-corrected chi connectivity index (χ0v) is 6.98. The Bertz CT molecular complexity index is 174. The van der Waals surface area contributed by atoms with Crippen LogP contribution in [0.2, 0.25) is 0 Å². The summed E-state index contributed by atoms with van der Waals surface area (Å²) in [6.07, 6.45) is 6.47. The van der Waals surface area contributed by atoms with E-state index in [0.717, 1.165) is 5.92 Å². The van der Waals surface area contributed by atoms with E-state index in [2.05, 4.69) is 26.5 Å². The van der Waals surface area contributed by atoms with Gasteiger partial charge in [-0.2, -0.15) is 0 Å². The second-order valence-corrected chi connectivity index (χ2v) is 4.52. The highest BCUT2D eigenvalue weighted by Crippen LogP contribution is 2.71. The van der Waals surface area contributed by atoms with Crippen molar-refractivity contribution in [1.29, 1.82) is 0 Å². The Morgan fingerprint density at radius 2 is 2.20 bits per heavy atom. The number of hydrogen-bond donors (Lipinski definition) is 0. The third-order valence-electron chi connectivity index (χ3n) is 4.24. The van der Waals surface area contributed by atoms with Gasteiger partial charge in [0.25, 0.3) is 0 Å². The molecule has 0 aromatic heterocycles. The first kappa shape index (κ1) is 6.45. The van der Waals surface area contributed by atoms with Gasteiger partial charge in [0, 0.05) is 0 Å². The quantitative estimate of drug-likeness (QED) is 0.486. The Kier molecular flexibility index (Phi) is 0.962. The molecule has 0 heterocycles. The molecule has 0 amide bonds. The van der Waals surface area contributed by atoms with E-state index in [1.165, 1.54) is 19.3 Å². The van der Waals surface area contributed by atoms with Gasteiger partial charge in [-0.3, -0.25) is 0 Å². The van der Waals surface area contributed by atoms with E-state index in [4.69, 9.17) is 0 Å². The standard InChI is InChI=1S/C10H16/c1-4-10-6-5-8(7-10)9(10,2)3/h4,8H,1,5-7H2,2-3H3/t8-,10+/m0/s1. The molecule has 3 fully saturated rings. The van der Waals surface area contributed by atoms with Crippen LogP contribution in [0.3, 0.4) is 0 Å².